The fraction of sp³-hybridized carbons (Fsp3) is 0.235. The molecule has 0 unspecified atom stereocenters. The molecule has 0 aliphatic carbocycles. The fourth-order valence-electron chi connectivity index (χ4n) is 2.11. The van der Waals surface area contributed by atoms with Crippen molar-refractivity contribution in [2.45, 2.75) is 20.4 Å². The van der Waals surface area contributed by atoms with Gasteiger partial charge in [-0.25, -0.2) is 0 Å². The molecule has 0 aliphatic heterocycles. The molecule has 0 aromatic heterocycles. The summed E-state index contributed by atoms with van der Waals surface area (Å²) < 4.78 is 0. The van der Waals surface area contributed by atoms with Gasteiger partial charge < -0.3 is 10.6 Å². The number of nitrogens with two attached hydrogens (primary N) is 1. The summed E-state index contributed by atoms with van der Waals surface area (Å²) in [7, 11) is 0. The van der Waals surface area contributed by atoms with Gasteiger partial charge in [0, 0.05) is 16.3 Å². The molecule has 0 aliphatic rings. The maximum atomic E-state index is 12.0. The van der Waals surface area contributed by atoms with Crippen LogP contribution in [0.2, 0.25) is 5.02 Å². The summed E-state index contributed by atoms with van der Waals surface area (Å²) in [5, 5.41) is 5.63. The zero-order valence-corrected chi connectivity index (χ0v) is 13.1. The van der Waals surface area contributed by atoms with Gasteiger partial charge in [-0.3, -0.25) is 4.79 Å². The van der Waals surface area contributed by atoms with Crippen molar-refractivity contribution < 1.29 is 10.1 Å². The second-order valence-corrected chi connectivity index (χ2v) is 5.49. The van der Waals surface area contributed by atoms with E-state index in [0.29, 0.717) is 13.1 Å². The van der Waals surface area contributed by atoms with Crippen LogP contribution in [-0.2, 0) is 11.3 Å². The van der Waals surface area contributed by atoms with Crippen LogP contribution in [0.3, 0.4) is 0 Å². The van der Waals surface area contributed by atoms with E-state index in [0.717, 1.165) is 21.8 Å². The average Bonchev–Trinajstić information content (AvgIpc) is 2.46. The minimum Gasteiger partial charge on any atom is -0.335 e. The van der Waals surface area contributed by atoms with Crippen LogP contribution in [0.5, 0.6) is 0 Å². The lowest BCUT2D eigenvalue weighted by atomic mass is 10.1. The number of hydrogen-bond acceptors (Lipinski definition) is 1. The maximum absolute atomic E-state index is 12.0. The molecule has 0 saturated carbocycles. The first-order valence-corrected chi connectivity index (χ1v) is 7.37. The zero-order chi connectivity index (χ0) is 15.2. The van der Waals surface area contributed by atoms with E-state index in [9.17, 15) is 4.79 Å². The molecule has 3 nitrogen and oxygen atoms in total. The summed E-state index contributed by atoms with van der Waals surface area (Å²) in [5.41, 5.74) is 4.20. The average molecular weight is 304 g/mol. The number of nitrogens with one attached hydrogen (secondary N) is 1. The molecule has 3 N–H and O–H groups in total. The first-order valence-electron chi connectivity index (χ1n) is 6.99. The summed E-state index contributed by atoms with van der Waals surface area (Å²) in [4.78, 5) is 12.0. The molecule has 4 heteroatoms. The standard InChI is InChI=1S/C17H19ClN2O/c1-12-6-5-9-16(13(12)2)20-17(21)11-19-10-14-7-3-4-8-15(14)18/h3-9,19H,10-11H2,1-2H3,(H,20,21)/p+1. The van der Waals surface area contributed by atoms with Crippen molar-refractivity contribution in [2.24, 2.45) is 0 Å². The molecule has 0 fully saturated rings. The number of carbonyl (C=O) groups is 1. The van der Waals surface area contributed by atoms with Crippen molar-refractivity contribution in [3.8, 4) is 0 Å². The number of halogens is 1. The zero-order valence-electron chi connectivity index (χ0n) is 12.3. The van der Waals surface area contributed by atoms with E-state index < -0.39 is 0 Å². The highest BCUT2D eigenvalue weighted by Gasteiger charge is 2.08. The van der Waals surface area contributed by atoms with Crippen LogP contribution in [0.25, 0.3) is 0 Å². The maximum Gasteiger partial charge on any atom is 0.279 e. The van der Waals surface area contributed by atoms with E-state index in [1.807, 2.05) is 61.6 Å². The van der Waals surface area contributed by atoms with Crippen molar-refractivity contribution in [3.05, 3.63) is 64.2 Å². The molecule has 2 aromatic rings. The predicted molar refractivity (Wildman–Crippen MR) is 86.5 cm³/mol. The van der Waals surface area contributed by atoms with Gasteiger partial charge in [-0.1, -0.05) is 41.9 Å². The molecule has 2 aromatic carbocycles. The van der Waals surface area contributed by atoms with Crippen molar-refractivity contribution in [1.82, 2.24) is 0 Å². The Hall–Kier alpha value is -1.84. The number of benzene rings is 2. The Morgan fingerprint density at radius 3 is 2.67 bits per heavy atom. The van der Waals surface area contributed by atoms with E-state index in [2.05, 4.69) is 5.32 Å². The molecule has 21 heavy (non-hydrogen) atoms. The molecule has 0 saturated heterocycles. The summed E-state index contributed by atoms with van der Waals surface area (Å²) in [6.07, 6.45) is 0. The fourth-order valence-corrected chi connectivity index (χ4v) is 2.32. The Labute approximate surface area is 130 Å². The van der Waals surface area contributed by atoms with E-state index in [1.165, 1.54) is 5.56 Å². The molecule has 0 atom stereocenters. The van der Waals surface area contributed by atoms with Crippen molar-refractivity contribution >= 4 is 23.2 Å². The third kappa shape index (κ3) is 4.31. The van der Waals surface area contributed by atoms with E-state index in [1.54, 1.807) is 0 Å². The van der Waals surface area contributed by atoms with Crippen molar-refractivity contribution in [3.63, 3.8) is 0 Å². The van der Waals surface area contributed by atoms with E-state index in [4.69, 9.17) is 11.6 Å². The summed E-state index contributed by atoms with van der Waals surface area (Å²) in [6.45, 7) is 5.12. The summed E-state index contributed by atoms with van der Waals surface area (Å²) >= 11 is 6.09. The number of aryl methyl sites for hydroxylation is 1. The normalized spacial score (nSPS) is 10.4. The van der Waals surface area contributed by atoms with Crippen LogP contribution >= 0.6 is 11.6 Å². The first-order chi connectivity index (χ1) is 10.1. The van der Waals surface area contributed by atoms with Gasteiger partial charge in [-0.05, 0) is 37.1 Å². The van der Waals surface area contributed by atoms with Crippen LogP contribution < -0.4 is 10.6 Å². The minimum absolute atomic E-state index is 0.00393. The summed E-state index contributed by atoms with van der Waals surface area (Å²) in [5.74, 6) is -0.00393. The van der Waals surface area contributed by atoms with Crippen LogP contribution in [0.4, 0.5) is 5.69 Å². The van der Waals surface area contributed by atoms with Gasteiger partial charge in [-0.15, -0.1) is 0 Å². The molecular formula is C17H20ClN2O+. The Bertz CT molecular complexity index is 640. The molecule has 0 bridgehead atoms. The number of quaternary nitrogens is 1. The Morgan fingerprint density at radius 1 is 1.14 bits per heavy atom. The third-order valence-electron chi connectivity index (χ3n) is 3.53. The van der Waals surface area contributed by atoms with E-state index >= 15 is 0 Å². The second kappa shape index (κ2) is 7.25. The lowest BCUT2D eigenvalue weighted by Gasteiger charge is -2.10. The van der Waals surface area contributed by atoms with Crippen molar-refractivity contribution in [1.29, 1.82) is 0 Å². The lowest BCUT2D eigenvalue weighted by Crippen LogP contribution is -2.84. The van der Waals surface area contributed by atoms with Gasteiger partial charge in [0.2, 0.25) is 0 Å². The highest BCUT2D eigenvalue weighted by Crippen LogP contribution is 2.17. The van der Waals surface area contributed by atoms with Crippen LogP contribution in [0.15, 0.2) is 42.5 Å². The predicted octanol–water partition coefficient (Wildman–Crippen LogP) is 2.66. The minimum atomic E-state index is -0.00393. The second-order valence-electron chi connectivity index (χ2n) is 5.08. The number of amides is 1. The molecule has 110 valence electrons. The smallest absolute Gasteiger partial charge is 0.279 e. The highest BCUT2D eigenvalue weighted by atomic mass is 35.5. The molecular weight excluding hydrogens is 284 g/mol. The van der Waals surface area contributed by atoms with Gasteiger partial charge in [0.05, 0.1) is 0 Å². The molecule has 0 radical (unpaired) electrons. The van der Waals surface area contributed by atoms with Crippen molar-refractivity contribution in [2.75, 3.05) is 11.9 Å². The number of rotatable bonds is 5. The number of hydrogen-bond donors (Lipinski definition) is 2. The molecule has 2 rings (SSSR count). The van der Waals surface area contributed by atoms with Crippen LogP contribution in [0.1, 0.15) is 16.7 Å². The SMILES string of the molecule is Cc1cccc(NC(=O)C[NH2+]Cc2ccccc2Cl)c1C. The monoisotopic (exact) mass is 303 g/mol. The molecule has 0 heterocycles. The Balaban J connectivity index is 1.85. The van der Waals surface area contributed by atoms with Gasteiger partial charge in [-0.2, -0.15) is 0 Å². The molecule has 1 amide bonds. The highest BCUT2D eigenvalue weighted by molar-refractivity contribution is 6.31. The van der Waals surface area contributed by atoms with Gasteiger partial charge >= 0.3 is 0 Å². The Kier molecular flexibility index (Phi) is 5.37. The summed E-state index contributed by atoms with van der Waals surface area (Å²) in [6, 6.07) is 13.6. The molecule has 0 spiro atoms. The van der Waals surface area contributed by atoms with Crippen LogP contribution in [0, 0.1) is 13.8 Å². The number of carbonyl (C=O) groups excluding carboxylic acids is 1. The first kappa shape index (κ1) is 15.5. The van der Waals surface area contributed by atoms with Crippen LogP contribution in [-0.4, -0.2) is 12.5 Å². The topological polar surface area (TPSA) is 45.7 Å². The third-order valence-corrected chi connectivity index (χ3v) is 3.90. The Morgan fingerprint density at radius 2 is 1.90 bits per heavy atom. The lowest BCUT2D eigenvalue weighted by molar-refractivity contribution is -0.659. The van der Waals surface area contributed by atoms with Gasteiger partial charge in [0.25, 0.3) is 5.91 Å². The largest absolute Gasteiger partial charge is 0.335 e. The number of anilines is 1. The van der Waals surface area contributed by atoms with Gasteiger partial charge in [0.1, 0.15) is 6.54 Å². The van der Waals surface area contributed by atoms with Gasteiger partial charge in [0.15, 0.2) is 6.54 Å². The van der Waals surface area contributed by atoms with E-state index in [-0.39, 0.29) is 5.91 Å². The quantitative estimate of drug-likeness (QED) is 0.876.